The van der Waals surface area contributed by atoms with Crippen molar-refractivity contribution in [2.24, 2.45) is 4.99 Å². The van der Waals surface area contributed by atoms with Gasteiger partial charge in [0, 0.05) is 26.1 Å². The summed E-state index contributed by atoms with van der Waals surface area (Å²) in [7, 11) is 1.41. The van der Waals surface area contributed by atoms with Crippen LogP contribution in [0.5, 0.6) is 0 Å². The molecule has 0 spiro atoms. The van der Waals surface area contributed by atoms with Crippen molar-refractivity contribution in [1.82, 2.24) is 5.32 Å². The van der Waals surface area contributed by atoms with E-state index in [0.29, 0.717) is 6.29 Å². The Morgan fingerprint density at radius 3 is 2.67 bits per heavy atom. The molecule has 0 saturated heterocycles. The normalized spacial score (nSPS) is 24.9. The van der Waals surface area contributed by atoms with Gasteiger partial charge in [-0.1, -0.05) is 0 Å². The molecule has 0 fully saturated rings. The predicted octanol–water partition coefficient (Wildman–Crippen LogP) is -0.187. The van der Waals surface area contributed by atoms with Crippen molar-refractivity contribution in [2.45, 2.75) is 5.85 Å². The summed E-state index contributed by atoms with van der Waals surface area (Å²) in [5.41, 5.74) is 0. The summed E-state index contributed by atoms with van der Waals surface area (Å²) in [6, 6.07) is 0. The highest BCUT2D eigenvalue weighted by molar-refractivity contribution is 5.76. The van der Waals surface area contributed by atoms with Crippen LogP contribution in [-0.2, 0) is 9.53 Å². The van der Waals surface area contributed by atoms with Crippen LogP contribution < -0.4 is 5.32 Å². The van der Waals surface area contributed by atoms with E-state index in [2.05, 4.69) is 16.9 Å². The number of carbonyl (C=O) groups is 1. The first-order chi connectivity index (χ1) is 5.83. The number of hydrogen-bond donors (Lipinski definition) is 1. The smallest absolute Gasteiger partial charge is 0.295 e. The van der Waals surface area contributed by atoms with Crippen LogP contribution in [0.25, 0.3) is 0 Å². The molecular weight excluding hydrogens is 158 g/mol. The zero-order valence-electron chi connectivity index (χ0n) is 6.60. The van der Waals surface area contributed by atoms with Gasteiger partial charge in [-0.15, -0.1) is 0 Å². The van der Waals surface area contributed by atoms with Crippen LogP contribution in [-0.4, -0.2) is 25.5 Å². The first-order valence-electron chi connectivity index (χ1n) is 3.08. The third-order valence-corrected chi connectivity index (χ3v) is 1.21. The number of carbonyl (C=O) groups excluding carboxylic acids is 1. The molecule has 0 aromatic rings. The zero-order chi connectivity index (χ0) is 9.45. The van der Waals surface area contributed by atoms with Crippen LogP contribution in [0.4, 0.5) is 0 Å². The Hall–Kier alpha value is -1.67. The van der Waals surface area contributed by atoms with Crippen molar-refractivity contribution < 1.29 is 9.53 Å². The maximum absolute atomic E-state index is 10.4. The lowest BCUT2D eigenvalue weighted by atomic mass is 10.4. The fourth-order valence-electron chi connectivity index (χ4n) is 0.626. The molecule has 1 unspecified atom stereocenters. The molecule has 0 saturated carbocycles. The van der Waals surface area contributed by atoms with Crippen LogP contribution in [0.1, 0.15) is 0 Å². The standard InChI is InChI=1S/C6H8N2O2.CHN/c1-10-6(5-9)7-3-2-4-8-6;1-2/h2-5,7H,1H3;1H. The number of ether oxygens (including phenoxy) is 1. The third-order valence-electron chi connectivity index (χ3n) is 1.21. The molecular formula is C7H9N3O2. The highest BCUT2D eigenvalue weighted by Crippen LogP contribution is 2.05. The van der Waals surface area contributed by atoms with Gasteiger partial charge >= 0.3 is 0 Å². The fourth-order valence-corrected chi connectivity index (χ4v) is 0.626. The van der Waals surface area contributed by atoms with Crippen LogP contribution in [0.15, 0.2) is 17.3 Å². The van der Waals surface area contributed by atoms with Gasteiger partial charge in [-0.25, -0.2) is 10.3 Å². The molecule has 0 aliphatic carbocycles. The van der Waals surface area contributed by atoms with Crippen LogP contribution in [0.3, 0.4) is 0 Å². The molecule has 0 aromatic heterocycles. The molecule has 1 aliphatic heterocycles. The maximum atomic E-state index is 10.4. The number of nitrogens with one attached hydrogen (secondary N) is 1. The first kappa shape index (κ1) is 10.3. The molecule has 0 radical (unpaired) electrons. The lowest BCUT2D eigenvalue weighted by Crippen LogP contribution is -2.45. The average Bonchev–Trinajstić information content (AvgIpc) is 2.22. The van der Waals surface area contributed by atoms with Gasteiger partial charge in [0.1, 0.15) is 0 Å². The van der Waals surface area contributed by atoms with Crippen molar-refractivity contribution in [2.75, 3.05) is 7.11 Å². The molecule has 0 amide bonds. The predicted molar refractivity (Wildman–Crippen MR) is 43.2 cm³/mol. The number of methoxy groups -OCH3 is 1. The number of aliphatic imine (C=N–C) groups is 1. The largest absolute Gasteiger partial charge is 0.339 e. The molecule has 0 bridgehead atoms. The molecule has 1 N–H and O–H groups in total. The minimum absolute atomic E-state index is 0.604. The van der Waals surface area contributed by atoms with Crippen molar-refractivity contribution in [1.29, 1.82) is 5.26 Å². The lowest BCUT2D eigenvalue weighted by molar-refractivity contribution is -0.129. The summed E-state index contributed by atoms with van der Waals surface area (Å²) in [5, 5.41) is 9.16. The van der Waals surface area contributed by atoms with Gasteiger partial charge in [0.2, 0.25) is 0 Å². The topological polar surface area (TPSA) is 74.5 Å². The van der Waals surface area contributed by atoms with Crippen molar-refractivity contribution >= 4 is 12.5 Å². The van der Waals surface area contributed by atoms with Gasteiger partial charge in [-0.05, 0) is 6.08 Å². The van der Waals surface area contributed by atoms with Crippen molar-refractivity contribution in [3.05, 3.63) is 12.3 Å². The molecule has 5 heteroatoms. The Kier molecular flexibility index (Phi) is 4.34. The van der Waals surface area contributed by atoms with Gasteiger partial charge in [0.05, 0.1) is 0 Å². The number of rotatable bonds is 2. The second kappa shape index (κ2) is 5.04. The van der Waals surface area contributed by atoms with Gasteiger partial charge in [-0.3, -0.25) is 4.79 Å². The number of nitrogens with zero attached hydrogens (tertiary/aromatic N) is 2. The second-order valence-corrected chi connectivity index (χ2v) is 1.80. The van der Waals surface area contributed by atoms with Gasteiger partial charge in [0.15, 0.2) is 6.29 Å². The molecule has 12 heavy (non-hydrogen) atoms. The maximum Gasteiger partial charge on any atom is 0.295 e. The Balaban J connectivity index is 0.000000561. The van der Waals surface area contributed by atoms with E-state index in [1.54, 1.807) is 12.3 Å². The Labute approximate surface area is 70.4 Å². The zero-order valence-corrected chi connectivity index (χ0v) is 6.60. The van der Waals surface area contributed by atoms with Crippen molar-refractivity contribution in [3.63, 3.8) is 0 Å². The third kappa shape index (κ3) is 2.18. The van der Waals surface area contributed by atoms with Gasteiger partial charge in [-0.2, -0.15) is 0 Å². The highest BCUT2D eigenvalue weighted by atomic mass is 16.5. The second-order valence-electron chi connectivity index (χ2n) is 1.80. The monoisotopic (exact) mass is 167 g/mol. The molecule has 1 heterocycles. The summed E-state index contributed by atoms with van der Waals surface area (Å²) < 4.78 is 4.80. The number of hydrogen-bond acceptors (Lipinski definition) is 5. The summed E-state index contributed by atoms with van der Waals surface area (Å²) in [6.45, 7) is 3.50. The van der Waals surface area contributed by atoms with E-state index < -0.39 is 5.85 Å². The van der Waals surface area contributed by atoms with E-state index in [1.807, 2.05) is 0 Å². The lowest BCUT2D eigenvalue weighted by Gasteiger charge is -2.23. The average molecular weight is 167 g/mol. The quantitative estimate of drug-likeness (QED) is 0.578. The summed E-state index contributed by atoms with van der Waals surface area (Å²) in [5.74, 6) is -1.19. The van der Waals surface area contributed by atoms with Crippen molar-refractivity contribution in [3.8, 4) is 6.57 Å². The van der Waals surface area contributed by atoms with Crippen LogP contribution in [0.2, 0.25) is 0 Å². The Morgan fingerprint density at radius 1 is 1.75 bits per heavy atom. The summed E-state index contributed by atoms with van der Waals surface area (Å²) >= 11 is 0. The van der Waals surface area contributed by atoms with E-state index in [1.165, 1.54) is 13.3 Å². The molecule has 64 valence electrons. The minimum Gasteiger partial charge on any atom is -0.339 e. The van der Waals surface area contributed by atoms with E-state index in [4.69, 9.17) is 10.00 Å². The SMILES string of the molecule is C#N.COC1(C=O)N=CC=CN1. The minimum atomic E-state index is -1.19. The van der Waals surface area contributed by atoms with E-state index in [-0.39, 0.29) is 0 Å². The molecule has 1 aliphatic rings. The van der Waals surface area contributed by atoms with E-state index in [9.17, 15) is 4.79 Å². The van der Waals surface area contributed by atoms with Crippen LogP contribution >= 0.6 is 0 Å². The first-order valence-corrected chi connectivity index (χ1v) is 3.08. The van der Waals surface area contributed by atoms with E-state index >= 15 is 0 Å². The fraction of sp³-hybridized carbons (Fsp3) is 0.286. The van der Waals surface area contributed by atoms with Gasteiger partial charge < -0.3 is 10.1 Å². The van der Waals surface area contributed by atoms with E-state index in [0.717, 1.165) is 0 Å². The Bertz CT molecular complexity index is 222. The number of allylic oxidation sites excluding steroid dienone is 1. The number of nitriles is 1. The highest BCUT2D eigenvalue weighted by Gasteiger charge is 2.26. The molecule has 5 nitrogen and oxygen atoms in total. The summed E-state index contributed by atoms with van der Waals surface area (Å²) in [4.78, 5) is 14.2. The summed E-state index contributed by atoms with van der Waals surface area (Å²) in [6.07, 6.45) is 5.40. The van der Waals surface area contributed by atoms with Crippen LogP contribution in [0, 0.1) is 11.8 Å². The number of aldehydes is 1. The van der Waals surface area contributed by atoms with Gasteiger partial charge in [0.25, 0.3) is 5.85 Å². The Morgan fingerprint density at radius 2 is 2.42 bits per heavy atom. The molecule has 1 atom stereocenters. The molecule has 0 aromatic carbocycles. The molecule has 1 rings (SSSR count).